The number of ketones is 1. The maximum Gasteiger partial charge on any atom is 0.315 e. The van der Waals surface area contributed by atoms with Gasteiger partial charge in [-0.3, -0.25) is 4.79 Å². The summed E-state index contributed by atoms with van der Waals surface area (Å²) >= 11 is 1.92. The number of urea groups is 1. The molecule has 0 aromatic carbocycles. The van der Waals surface area contributed by atoms with Crippen molar-refractivity contribution in [2.75, 3.05) is 5.75 Å². The minimum atomic E-state index is -0.336. The molecular formula is C16H30N4O2S. The predicted molar refractivity (Wildman–Crippen MR) is 94.4 cm³/mol. The van der Waals surface area contributed by atoms with Gasteiger partial charge in [-0.2, -0.15) is 11.8 Å². The highest BCUT2D eigenvalue weighted by Crippen LogP contribution is 2.33. The van der Waals surface area contributed by atoms with Gasteiger partial charge in [-0.1, -0.05) is 6.42 Å². The minimum absolute atomic E-state index is 0.0433. The lowest BCUT2D eigenvalue weighted by atomic mass is 9.98. The SMILES string of the molecule is CC(N)CCCC(N)C(=O)CCCC[C@@H]1SC[C@@H]2NC(=O)N[C@@H]21. The molecular weight excluding hydrogens is 312 g/mol. The fourth-order valence-electron chi connectivity index (χ4n) is 3.29. The Morgan fingerprint density at radius 2 is 2.04 bits per heavy atom. The van der Waals surface area contributed by atoms with Gasteiger partial charge in [0, 0.05) is 23.5 Å². The van der Waals surface area contributed by atoms with Crippen LogP contribution in [-0.2, 0) is 4.79 Å². The predicted octanol–water partition coefficient (Wildman–Crippen LogP) is 1.13. The van der Waals surface area contributed by atoms with Gasteiger partial charge in [0.25, 0.3) is 0 Å². The van der Waals surface area contributed by atoms with Crippen LogP contribution in [0.3, 0.4) is 0 Å². The third-order valence-electron chi connectivity index (χ3n) is 4.69. The molecule has 2 amide bonds. The van der Waals surface area contributed by atoms with Crippen molar-refractivity contribution in [3.63, 3.8) is 0 Å². The Hall–Kier alpha value is -0.790. The van der Waals surface area contributed by atoms with Crippen molar-refractivity contribution < 1.29 is 9.59 Å². The second-order valence-electron chi connectivity index (χ2n) is 6.85. The standard InChI is InChI=1S/C16H30N4O2S/c1-10(17)5-4-6-11(18)13(21)7-2-3-8-14-15-12(9-23-14)19-16(22)20-15/h10-12,14-15H,2-9,17-18H2,1H3,(H2,19,20,22)/t10?,11?,12-,14-,15-/m0/s1. The maximum atomic E-state index is 12.0. The summed E-state index contributed by atoms with van der Waals surface area (Å²) in [6.07, 6.45) is 6.07. The number of hydrogen-bond donors (Lipinski definition) is 4. The van der Waals surface area contributed by atoms with Crippen LogP contribution in [0.1, 0.15) is 51.9 Å². The summed E-state index contributed by atoms with van der Waals surface area (Å²) in [5.41, 5.74) is 11.6. The quantitative estimate of drug-likeness (QED) is 0.351. The van der Waals surface area contributed by atoms with Gasteiger partial charge in [-0.05, 0) is 39.0 Å². The number of carbonyl (C=O) groups is 2. The van der Waals surface area contributed by atoms with Gasteiger partial charge in [0.05, 0.1) is 18.1 Å². The van der Waals surface area contributed by atoms with E-state index in [1.54, 1.807) is 0 Å². The largest absolute Gasteiger partial charge is 0.332 e. The molecule has 2 fully saturated rings. The topological polar surface area (TPSA) is 110 Å². The molecule has 2 aliphatic rings. The van der Waals surface area contributed by atoms with Crippen molar-refractivity contribution in [3.05, 3.63) is 0 Å². The molecule has 2 aliphatic heterocycles. The molecule has 132 valence electrons. The van der Waals surface area contributed by atoms with Crippen molar-refractivity contribution in [1.82, 2.24) is 10.6 Å². The zero-order valence-corrected chi connectivity index (χ0v) is 14.7. The molecule has 0 bridgehead atoms. The van der Waals surface area contributed by atoms with Gasteiger partial charge in [-0.25, -0.2) is 4.79 Å². The monoisotopic (exact) mass is 342 g/mol. The highest BCUT2D eigenvalue weighted by atomic mass is 32.2. The maximum absolute atomic E-state index is 12.0. The van der Waals surface area contributed by atoms with E-state index < -0.39 is 0 Å². The minimum Gasteiger partial charge on any atom is -0.332 e. The fourth-order valence-corrected chi connectivity index (χ4v) is 4.84. The second kappa shape index (κ2) is 8.89. The van der Waals surface area contributed by atoms with Crippen LogP contribution < -0.4 is 22.1 Å². The van der Waals surface area contributed by atoms with Crippen molar-refractivity contribution in [2.45, 2.75) is 81.3 Å². The van der Waals surface area contributed by atoms with Gasteiger partial charge in [0.15, 0.2) is 0 Å². The summed E-state index contributed by atoms with van der Waals surface area (Å²) < 4.78 is 0. The lowest BCUT2D eigenvalue weighted by molar-refractivity contribution is -0.120. The average molecular weight is 343 g/mol. The lowest BCUT2D eigenvalue weighted by Crippen LogP contribution is -2.36. The van der Waals surface area contributed by atoms with Crippen LogP contribution in [-0.4, -0.2) is 47.0 Å². The Labute approximate surface area is 142 Å². The molecule has 7 heteroatoms. The summed E-state index contributed by atoms with van der Waals surface area (Å²) in [7, 11) is 0. The number of fused-ring (bicyclic) bond motifs is 1. The molecule has 0 spiro atoms. The molecule has 2 saturated heterocycles. The van der Waals surface area contributed by atoms with Crippen molar-refractivity contribution >= 4 is 23.6 Å². The number of nitrogens with two attached hydrogens (primary N) is 2. The molecule has 6 nitrogen and oxygen atoms in total. The van der Waals surface area contributed by atoms with Crippen LogP contribution in [0.25, 0.3) is 0 Å². The van der Waals surface area contributed by atoms with Crippen LogP contribution >= 0.6 is 11.8 Å². The Balaban J connectivity index is 1.56. The first-order chi connectivity index (χ1) is 11.0. The molecule has 0 saturated carbocycles. The number of unbranched alkanes of at least 4 members (excludes halogenated alkanes) is 1. The van der Waals surface area contributed by atoms with Crippen LogP contribution in [0.2, 0.25) is 0 Å². The van der Waals surface area contributed by atoms with E-state index >= 15 is 0 Å². The molecule has 23 heavy (non-hydrogen) atoms. The molecule has 6 N–H and O–H groups in total. The van der Waals surface area contributed by atoms with Gasteiger partial charge >= 0.3 is 6.03 Å². The van der Waals surface area contributed by atoms with E-state index in [-0.39, 0.29) is 36.0 Å². The van der Waals surface area contributed by atoms with E-state index in [1.165, 1.54) is 0 Å². The number of Topliss-reactive ketones (excluding diaryl/α,β-unsaturated/α-hetero) is 1. The molecule has 5 atom stereocenters. The molecule has 0 aromatic heterocycles. The summed E-state index contributed by atoms with van der Waals surface area (Å²) in [6.45, 7) is 1.97. The van der Waals surface area contributed by atoms with Crippen LogP contribution in [0.5, 0.6) is 0 Å². The van der Waals surface area contributed by atoms with Crippen molar-refractivity contribution in [1.29, 1.82) is 0 Å². The Bertz CT molecular complexity index is 419. The molecule has 0 aliphatic carbocycles. The zero-order chi connectivity index (χ0) is 16.8. The van der Waals surface area contributed by atoms with E-state index in [2.05, 4.69) is 10.6 Å². The van der Waals surface area contributed by atoms with Crippen LogP contribution in [0, 0.1) is 0 Å². The van der Waals surface area contributed by atoms with E-state index in [0.29, 0.717) is 11.7 Å². The highest BCUT2D eigenvalue weighted by Gasteiger charge is 2.42. The first-order valence-electron chi connectivity index (χ1n) is 8.70. The Kier molecular flexibility index (Phi) is 7.17. The normalized spacial score (nSPS) is 28.8. The van der Waals surface area contributed by atoms with E-state index in [9.17, 15) is 9.59 Å². The summed E-state index contributed by atoms with van der Waals surface area (Å²) in [4.78, 5) is 23.3. The van der Waals surface area contributed by atoms with E-state index in [0.717, 1.165) is 44.3 Å². The van der Waals surface area contributed by atoms with Crippen molar-refractivity contribution in [2.24, 2.45) is 11.5 Å². The third-order valence-corrected chi connectivity index (χ3v) is 6.20. The van der Waals surface area contributed by atoms with E-state index in [4.69, 9.17) is 11.5 Å². The number of hydrogen-bond acceptors (Lipinski definition) is 5. The second-order valence-corrected chi connectivity index (χ2v) is 8.12. The molecule has 2 heterocycles. The molecule has 2 unspecified atom stereocenters. The van der Waals surface area contributed by atoms with Gasteiger partial charge < -0.3 is 22.1 Å². The van der Waals surface area contributed by atoms with Crippen LogP contribution in [0.4, 0.5) is 4.79 Å². The number of rotatable bonds is 10. The highest BCUT2D eigenvalue weighted by molar-refractivity contribution is 8.00. The van der Waals surface area contributed by atoms with Crippen molar-refractivity contribution in [3.8, 4) is 0 Å². The van der Waals surface area contributed by atoms with Gasteiger partial charge in [-0.15, -0.1) is 0 Å². The molecule has 0 radical (unpaired) electrons. The smallest absolute Gasteiger partial charge is 0.315 e. The third kappa shape index (κ3) is 5.65. The Morgan fingerprint density at radius 1 is 1.26 bits per heavy atom. The number of amides is 2. The number of nitrogens with one attached hydrogen (secondary N) is 2. The summed E-state index contributed by atoms with van der Waals surface area (Å²) in [5.74, 6) is 1.15. The number of carbonyl (C=O) groups excluding carboxylic acids is 2. The zero-order valence-electron chi connectivity index (χ0n) is 13.9. The average Bonchev–Trinajstić information content (AvgIpc) is 3.02. The fraction of sp³-hybridized carbons (Fsp3) is 0.875. The first-order valence-corrected chi connectivity index (χ1v) is 9.74. The number of thioether (sulfide) groups is 1. The first kappa shape index (κ1) is 18.5. The Morgan fingerprint density at radius 3 is 2.78 bits per heavy atom. The van der Waals surface area contributed by atoms with Crippen LogP contribution in [0.15, 0.2) is 0 Å². The van der Waals surface area contributed by atoms with E-state index in [1.807, 2.05) is 18.7 Å². The van der Waals surface area contributed by atoms with Gasteiger partial charge in [0.2, 0.25) is 0 Å². The molecule has 2 rings (SSSR count). The summed E-state index contributed by atoms with van der Waals surface area (Å²) in [6, 6.07) is 0.326. The van der Waals surface area contributed by atoms with Gasteiger partial charge in [0.1, 0.15) is 5.78 Å². The lowest BCUT2D eigenvalue weighted by Gasteiger charge is -2.16. The molecule has 0 aromatic rings. The summed E-state index contributed by atoms with van der Waals surface area (Å²) in [5, 5.41) is 6.41.